The third-order valence-electron chi connectivity index (χ3n) is 8.47. The Morgan fingerprint density at radius 3 is 1.86 bits per heavy atom. The standard InChI is InChI=1S/C45H27N3O2/c1-4-12-28(13-5-1)31-21-23-39-37(24-31)34-22-20-32(26-40(34)49-39)44-46-43(30-16-8-3-9-17-30)47-45(48-44)33-25-36(29-14-6-2-7-15-29)42-35-18-10-11-19-38(35)50-41(42)27-33/h1-27H/i1D,4D,5D,12D,13D,20D,21D,22D,23D,24D,26D. The quantitative estimate of drug-likeness (QED) is 0.185. The second-order valence-corrected chi connectivity index (χ2v) is 11.5. The number of benzene rings is 7. The Morgan fingerprint density at radius 2 is 1.06 bits per heavy atom. The third-order valence-corrected chi connectivity index (χ3v) is 8.47. The summed E-state index contributed by atoms with van der Waals surface area (Å²) in [5, 5.41) is 1.41. The monoisotopic (exact) mass is 652 g/mol. The number of hydrogen-bond donors (Lipinski definition) is 0. The molecule has 234 valence electrons. The van der Waals surface area contributed by atoms with E-state index in [4.69, 9.17) is 33.4 Å². The van der Waals surface area contributed by atoms with E-state index in [9.17, 15) is 5.48 Å². The van der Waals surface area contributed by atoms with E-state index in [2.05, 4.69) is 0 Å². The summed E-state index contributed by atoms with van der Waals surface area (Å²) in [5.41, 5.74) is 2.47. The van der Waals surface area contributed by atoms with Crippen molar-refractivity contribution >= 4 is 43.9 Å². The average Bonchev–Trinajstić information content (AvgIpc) is 3.88. The number of fused-ring (bicyclic) bond motifs is 6. The molecule has 0 atom stereocenters. The van der Waals surface area contributed by atoms with Crippen LogP contribution < -0.4 is 0 Å². The number of rotatable bonds is 5. The van der Waals surface area contributed by atoms with E-state index < -0.39 is 77.6 Å². The molecule has 0 spiro atoms. The summed E-state index contributed by atoms with van der Waals surface area (Å²) in [6.07, 6.45) is 0. The number of aromatic nitrogens is 3. The highest BCUT2D eigenvalue weighted by molar-refractivity contribution is 6.13. The van der Waals surface area contributed by atoms with Gasteiger partial charge in [0.25, 0.3) is 0 Å². The van der Waals surface area contributed by atoms with Crippen LogP contribution in [0.25, 0.3) is 100 Å². The minimum Gasteiger partial charge on any atom is -0.456 e. The summed E-state index contributed by atoms with van der Waals surface area (Å²) in [6, 6.07) is 23.8. The highest BCUT2D eigenvalue weighted by Gasteiger charge is 2.19. The van der Waals surface area contributed by atoms with E-state index in [1.165, 1.54) is 0 Å². The molecule has 0 aliphatic carbocycles. The number of nitrogens with zero attached hydrogens (tertiary/aromatic N) is 3. The molecule has 3 aromatic heterocycles. The summed E-state index contributed by atoms with van der Waals surface area (Å²) in [5.74, 6) is 0.270. The number of para-hydroxylation sites is 1. The van der Waals surface area contributed by atoms with Gasteiger partial charge in [-0.15, -0.1) is 0 Å². The second kappa shape index (κ2) is 11.4. The summed E-state index contributed by atoms with van der Waals surface area (Å²) in [6.45, 7) is 0. The predicted octanol–water partition coefficient (Wildman–Crippen LogP) is 12.0. The lowest BCUT2D eigenvalue weighted by molar-refractivity contribution is 0.669. The van der Waals surface area contributed by atoms with Crippen LogP contribution >= 0.6 is 0 Å². The van der Waals surface area contributed by atoms with Gasteiger partial charge in [-0.3, -0.25) is 0 Å². The van der Waals surface area contributed by atoms with Gasteiger partial charge in [0.15, 0.2) is 17.5 Å². The van der Waals surface area contributed by atoms with E-state index in [1.807, 2.05) is 84.9 Å². The lowest BCUT2D eigenvalue weighted by Crippen LogP contribution is -2.00. The van der Waals surface area contributed by atoms with Crippen LogP contribution in [0.2, 0.25) is 0 Å². The van der Waals surface area contributed by atoms with Crippen LogP contribution in [0, 0.1) is 0 Å². The number of furan rings is 2. The molecule has 0 unspecified atom stereocenters. The molecule has 0 N–H and O–H groups in total. The molecular weight excluding hydrogens is 615 g/mol. The molecule has 0 amide bonds. The van der Waals surface area contributed by atoms with Crippen molar-refractivity contribution in [3.05, 3.63) is 164 Å². The van der Waals surface area contributed by atoms with Crippen molar-refractivity contribution in [2.45, 2.75) is 0 Å². The maximum atomic E-state index is 9.46. The van der Waals surface area contributed by atoms with Crippen LogP contribution in [-0.2, 0) is 0 Å². The minimum atomic E-state index is -0.688. The van der Waals surface area contributed by atoms with Gasteiger partial charge in [0.05, 0.1) is 15.1 Å². The van der Waals surface area contributed by atoms with Crippen LogP contribution in [-0.4, -0.2) is 15.0 Å². The van der Waals surface area contributed by atoms with Crippen LogP contribution in [0.4, 0.5) is 0 Å². The van der Waals surface area contributed by atoms with Gasteiger partial charge in [-0.25, -0.2) is 15.0 Å². The highest BCUT2D eigenvalue weighted by atomic mass is 16.3. The predicted molar refractivity (Wildman–Crippen MR) is 202 cm³/mol. The molecule has 10 aromatic rings. The van der Waals surface area contributed by atoms with Gasteiger partial charge in [0, 0.05) is 38.2 Å². The molecule has 5 heteroatoms. The Balaban J connectivity index is 1.24. The summed E-state index contributed by atoms with van der Waals surface area (Å²) in [7, 11) is 0. The lowest BCUT2D eigenvalue weighted by Gasteiger charge is -2.11. The molecule has 50 heavy (non-hydrogen) atoms. The van der Waals surface area contributed by atoms with Crippen molar-refractivity contribution in [1.82, 2.24) is 15.0 Å². The van der Waals surface area contributed by atoms with Gasteiger partial charge >= 0.3 is 0 Å². The molecular formula is C45H27N3O2. The SMILES string of the molecule is [2H]c1c([2H])c([2H])c(-c2c([2H])c([2H])c3oc4c([2H])c(-c5nc(-c6ccccc6)nc(-c6cc(-c7ccccc7)c7c(c6)oc6ccccc67)n5)c([2H])c([2H])c4c3c2[2H])c([2H])c1[2H]. The first kappa shape index (κ1) is 19.2. The van der Waals surface area contributed by atoms with Gasteiger partial charge in [-0.1, -0.05) is 121 Å². The van der Waals surface area contributed by atoms with E-state index >= 15 is 0 Å². The van der Waals surface area contributed by atoms with E-state index in [0.29, 0.717) is 22.3 Å². The Morgan fingerprint density at radius 1 is 0.400 bits per heavy atom. The first-order valence-electron chi connectivity index (χ1n) is 21.2. The Labute approximate surface area is 302 Å². The van der Waals surface area contributed by atoms with Crippen molar-refractivity contribution in [3.63, 3.8) is 0 Å². The molecule has 0 fully saturated rings. The van der Waals surface area contributed by atoms with Gasteiger partial charge < -0.3 is 8.83 Å². The molecule has 0 aliphatic heterocycles. The molecule has 0 aliphatic rings. The second-order valence-electron chi connectivity index (χ2n) is 11.5. The molecule has 0 bridgehead atoms. The zero-order valence-corrected chi connectivity index (χ0v) is 25.9. The summed E-state index contributed by atoms with van der Waals surface area (Å²) >= 11 is 0. The van der Waals surface area contributed by atoms with Gasteiger partial charge in [0.2, 0.25) is 0 Å². The Bertz CT molecular complexity index is 3470. The van der Waals surface area contributed by atoms with Gasteiger partial charge in [0.1, 0.15) is 22.3 Å². The molecule has 0 saturated heterocycles. The zero-order valence-electron chi connectivity index (χ0n) is 36.9. The van der Waals surface area contributed by atoms with Crippen molar-refractivity contribution in [2.24, 2.45) is 0 Å². The fourth-order valence-electron chi connectivity index (χ4n) is 6.16. The Hall–Kier alpha value is -6.85. The summed E-state index contributed by atoms with van der Waals surface area (Å²) in [4.78, 5) is 14.5. The first-order chi connectivity index (χ1) is 29.3. The fraction of sp³-hybridized carbons (Fsp3) is 0. The molecule has 10 rings (SSSR count). The highest BCUT2D eigenvalue weighted by Crippen LogP contribution is 2.40. The van der Waals surface area contributed by atoms with E-state index in [-0.39, 0.29) is 45.0 Å². The van der Waals surface area contributed by atoms with Crippen LogP contribution in [0.15, 0.2) is 172 Å². The van der Waals surface area contributed by atoms with Gasteiger partial charge in [-0.05, 0) is 64.6 Å². The van der Waals surface area contributed by atoms with E-state index in [1.54, 1.807) is 12.1 Å². The third kappa shape index (κ3) is 4.75. The molecule has 7 aromatic carbocycles. The number of hydrogen-bond acceptors (Lipinski definition) is 5. The van der Waals surface area contributed by atoms with Crippen LogP contribution in [0.1, 0.15) is 15.1 Å². The minimum absolute atomic E-state index is 0.126. The normalized spacial score (nSPS) is 14.7. The zero-order chi connectivity index (χ0) is 42.6. The van der Waals surface area contributed by atoms with Gasteiger partial charge in [-0.2, -0.15) is 0 Å². The molecule has 5 nitrogen and oxygen atoms in total. The van der Waals surface area contributed by atoms with Crippen LogP contribution in [0.5, 0.6) is 0 Å². The molecule has 0 saturated carbocycles. The lowest BCUT2D eigenvalue weighted by atomic mass is 9.97. The van der Waals surface area contributed by atoms with E-state index in [0.717, 1.165) is 21.9 Å². The fourth-order valence-corrected chi connectivity index (χ4v) is 6.16. The van der Waals surface area contributed by atoms with Crippen LogP contribution in [0.3, 0.4) is 0 Å². The van der Waals surface area contributed by atoms with Crippen molar-refractivity contribution < 1.29 is 23.9 Å². The Kier molecular flexibility index (Phi) is 4.38. The average molecular weight is 653 g/mol. The molecule has 0 radical (unpaired) electrons. The first-order valence-corrected chi connectivity index (χ1v) is 15.7. The molecule has 3 heterocycles. The van der Waals surface area contributed by atoms with Crippen molar-refractivity contribution in [3.8, 4) is 56.4 Å². The van der Waals surface area contributed by atoms with Crippen molar-refractivity contribution in [1.29, 1.82) is 0 Å². The summed E-state index contributed by atoms with van der Waals surface area (Å²) < 4.78 is 109. The van der Waals surface area contributed by atoms with Crippen molar-refractivity contribution in [2.75, 3.05) is 0 Å². The maximum Gasteiger partial charge on any atom is 0.164 e. The largest absolute Gasteiger partial charge is 0.456 e. The smallest absolute Gasteiger partial charge is 0.164 e. The topological polar surface area (TPSA) is 65.0 Å². The maximum absolute atomic E-state index is 9.46.